The molecule has 0 saturated carbocycles. The van der Waals surface area contributed by atoms with Crippen LogP contribution in [0.2, 0.25) is 0 Å². The molecular formula is C13H13F3N2O. The lowest BCUT2D eigenvalue weighted by atomic mass is 9.95. The summed E-state index contributed by atoms with van der Waals surface area (Å²) in [7, 11) is 0. The standard InChI is InChI=1S/C13H13F3N2O/c14-13(15,16)19-12(18)7-5-10(6-8-12)9-1-3-11(17)4-2-9/h1-7H,8,17-18H2. The number of ether oxygens (including phenoxy) is 1. The number of allylic oxidation sites excluding steroid dienone is 2. The molecule has 1 atom stereocenters. The molecule has 2 rings (SSSR count). The van der Waals surface area contributed by atoms with Crippen molar-refractivity contribution in [1.29, 1.82) is 0 Å². The first-order valence-electron chi connectivity index (χ1n) is 5.59. The van der Waals surface area contributed by atoms with Crippen molar-refractivity contribution in [3.63, 3.8) is 0 Å². The first kappa shape index (κ1) is 13.6. The summed E-state index contributed by atoms with van der Waals surface area (Å²) >= 11 is 0. The summed E-state index contributed by atoms with van der Waals surface area (Å²) in [4.78, 5) is 0. The van der Waals surface area contributed by atoms with Crippen LogP contribution in [0.5, 0.6) is 0 Å². The van der Waals surface area contributed by atoms with Crippen LogP contribution in [0.3, 0.4) is 0 Å². The van der Waals surface area contributed by atoms with Crippen LogP contribution in [0.15, 0.2) is 42.5 Å². The second-order valence-electron chi connectivity index (χ2n) is 4.32. The van der Waals surface area contributed by atoms with Gasteiger partial charge < -0.3 is 5.73 Å². The van der Waals surface area contributed by atoms with E-state index in [1.54, 1.807) is 30.3 Å². The average molecular weight is 270 g/mol. The first-order valence-corrected chi connectivity index (χ1v) is 5.59. The molecule has 1 aliphatic carbocycles. The van der Waals surface area contributed by atoms with Gasteiger partial charge in [0.2, 0.25) is 0 Å². The molecule has 0 saturated heterocycles. The second-order valence-corrected chi connectivity index (χ2v) is 4.32. The Morgan fingerprint density at radius 2 is 1.79 bits per heavy atom. The highest BCUT2D eigenvalue weighted by Crippen LogP contribution is 2.31. The third-order valence-corrected chi connectivity index (χ3v) is 2.74. The van der Waals surface area contributed by atoms with Crippen LogP contribution in [-0.2, 0) is 4.74 Å². The molecular weight excluding hydrogens is 257 g/mol. The second kappa shape index (κ2) is 4.71. The number of hydrogen-bond acceptors (Lipinski definition) is 3. The number of alkyl halides is 3. The Hall–Kier alpha value is -1.79. The summed E-state index contributed by atoms with van der Waals surface area (Å²) in [6, 6.07) is 7.03. The van der Waals surface area contributed by atoms with Gasteiger partial charge in [0.15, 0.2) is 0 Å². The molecule has 0 fully saturated rings. The van der Waals surface area contributed by atoms with Crippen molar-refractivity contribution in [3.05, 3.63) is 48.1 Å². The maximum atomic E-state index is 12.2. The molecule has 0 aliphatic heterocycles. The molecule has 0 amide bonds. The predicted octanol–water partition coefficient (Wildman–Crippen LogP) is 2.80. The lowest BCUT2D eigenvalue weighted by Crippen LogP contribution is -2.45. The van der Waals surface area contributed by atoms with E-state index in [4.69, 9.17) is 11.5 Å². The summed E-state index contributed by atoms with van der Waals surface area (Å²) in [5.41, 5.74) is 11.5. The number of anilines is 1. The smallest absolute Gasteiger partial charge is 0.399 e. The van der Waals surface area contributed by atoms with Crippen LogP contribution in [0.1, 0.15) is 12.0 Å². The Kier molecular flexibility index (Phi) is 3.38. The Morgan fingerprint density at radius 3 is 2.26 bits per heavy atom. The van der Waals surface area contributed by atoms with E-state index in [0.29, 0.717) is 5.69 Å². The topological polar surface area (TPSA) is 61.3 Å². The van der Waals surface area contributed by atoms with Crippen molar-refractivity contribution < 1.29 is 17.9 Å². The quantitative estimate of drug-likeness (QED) is 0.641. The summed E-state index contributed by atoms with van der Waals surface area (Å²) in [6.07, 6.45) is -0.474. The number of nitrogen functional groups attached to an aromatic ring is 1. The molecule has 1 aromatic rings. The van der Waals surface area contributed by atoms with Crippen LogP contribution < -0.4 is 11.5 Å². The van der Waals surface area contributed by atoms with Gasteiger partial charge in [-0.15, -0.1) is 13.2 Å². The van der Waals surface area contributed by atoms with E-state index >= 15 is 0 Å². The highest BCUT2D eigenvalue weighted by atomic mass is 19.4. The maximum absolute atomic E-state index is 12.2. The van der Waals surface area contributed by atoms with E-state index in [0.717, 1.165) is 11.1 Å². The molecule has 1 unspecified atom stereocenters. The zero-order valence-electron chi connectivity index (χ0n) is 9.95. The fourth-order valence-corrected chi connectivity index (χ4v) is 1.82. The molecule has 6 heteroatoms. The summed E-state index contributed by atoms with van der Waals surface area (Å²) in [5, 5.41) is 0. The lowest BCUT2D eigenvalue weighted by Gasteiger charge is -2.28. The van der Waals surface area contributed by atoms with Crippen molar-refractivity contribution in [2.24, 2.45) is 5.73 Å². The van der Waals surface area contributed by atoms with Crippen LogP contribution in [0.25, 0.3) is 5.57 Å². The van der Waals surface area contributed by atoms with E-state index in [1.807, 2.05) is 0 Å². The van der Waals surface area contributed by atoms with Crippen molar-refractivity contribution in [2.45, 2.75) is 18.5 Å². The average Bonchev–Trinajstić information content (AvgIpc) is 2.28. The van der Waals surface area contributed by atoms with Gasteiger partial charge >= 0.3 is 6.36 Å². The fourth-order valence-electron chi connectivity index (χ4n) is 1.82. The van der Waals surface area contributed by atoms with E-state index in [-0.39, 0.29) is 6.42 Å². The number of halogens is 3. The van der Waals surface area contributed by atoms with Crippen LogP contribution in [0, 0.1) is 0 Å². The summed E-state index contributed by atoms with van der Waals surface area (Å²) in [6.45, 7) is 0. The van der Waals surface area contributed by atoms with Gasteiger partial charge in [-0.3, -0.25) is 10.5 Å². The zero-order chi connectivity index (χ0) is 14.1. The highest BCUT2D eigenvalue weighted by molar-refractivity contribution is 5.76. The minimum absolute atomic E-state index is 0.0529. The van der Waals surface area contributed by atoms with Gasteiger partial charge in [0, 0.05) is 12.1 Å². The Balaban J connectivity index is 2.13. The summed E-state index contributed by atoms with van der Waals surface area (Å²) < 4.78 is 40.4. The van der Waals surface area contributed by atoms with Gasteiger partial charge in [-0.2, -0.15) is 0 Å². The molecule has 0 heterocycles. The number of nitrogens with two attached hydrogens (primary N) is 2. The minimum Gasteiger partial charge on any atom is -0.399 e. The number of rotatable bonds is 2. The van der Waals surface area contributed by atoms with Crippen molar-refractivity contribution in [3.8, 4) is 0 Å². The van der Waals surface area contributed by atoms with Crippen LogP contribution in [0.4, 0.5) is 18.9 Å². The van der Waals surface area contributed by atoms with Gasteiger partial charge in [-0.25, -0.2) is 0 Å². The van der Waals surface area contributed by atoms with Crippen LogP contribution in [-0.4, -0.2) is 12.1 Å². The maximum Gasteiger partial charge on any atom is 0.524 e. The molecule has 1 aliphatic rings. The Labute approximate surface area is 108 Å². The zero-order valence-corrected chi connectivity index (χ0v) is 9.95. The normalized spacial score (nSPS) is 23.3. The van der Waals surface area contributed by atoms with Crippen molar-refractivity contribution in [1.82, 2.24) is 0 Å². The SMILES string of the molecule is Nc1ccc(C2=CCC(N)(OC(F)(F)F)C=C2)cc1. The molecule has 0 bridgehead atoms. The molecule has 4 N–H and O–H groups in total. The van der Waals surface area contributed by atoms with Gasteiger partial charge in [0.05, 0.1) is 0 Å². The molecule has 102 valence electrons. The molecule has 0 aromatic heterocycles. The predicted molar refractivity (Wildman–Crippen MR) is 66.6 cm³/mol. The molecule has 19 heavy (non-hydrogen) atoms. The van der Waals surface area contributed by atoms with E-state index in [9.17, 15) is 13.2 Å². The van der Waals surface area contributed by atoms with E-state index in [1.165, 1.54) is 12.2 Å². The minimum atomic E-state index is -4.76. The molecule has 0 spiro atoms. The third kappa shape index (κ3) is 3.59. The van der Waals surface area contributed by atoms with Crippen molar-refractivity contribution in [2.75, 3.05) is 5.73 Å². The number of hydrogen-bond donors (Lipinski definition) is 2. The van der Waals surface area contributed by atoms with E-state index in [2.05, 4.69) is 4.74 Å². The Bertz CT molecular complexity index is 520. The molecule has 0 radical (unpaired) electrons. The molecule has 3 nitrogen and oxygen atoms in total. The van der Waals surface area contributed by atoms with E-state index < -0.39 is 12.1 Å². The van der Waals surface area contributed by atoms with Gasteiger partial charge in [-0.05, 0) is 29.3 Å². The monoisotopic (exact) mass is 270 g/mol. The Morgan fingerprint density at radius 1 is 1.16 bits per heavy atom. The van der Waals surface area contributed by atoms with Gasteiger partial charge in [0.1, 0.15) is 5.72 Å². The van der Waals surface area contributed by atoms with Crippen LogP contribution >= 0.6 is 0 Å². The third-order valence-electron chi connectivity index (χ3n) is 2.74. The van der Waals surface area contributed by atoms with Gasteiger partial charge in [0.25, 0.3) is 0 Å². The first-order chi connectivity index (χ1) is 8.77. The van der Waals surface area contributed by atoms with Gasteiger partial charge in [-0.1, -0.05) is 24.3 Å². The fraction of sp³-hybridized carbons (Fsp3) is 0.231. The van der Waals surface area contributed by atoms with Crippen molar-refractivity contribution >= 4 is 11.3 Å². The highest BCUT2D eigenvalue weighted by Gasteiger charge is 2.40. The number of benzene rings is 1. The largest absolute Gasteiger partial charge is 0.524 e. The summed E-state index contributed by atoms with van der Waals surface area (Å²) in [5.74, 6) is 0. The molecule has 1 aromatic carbocycles. The lowest BCUT2D eigenvalue weighted by molar-refractivity contribution is -0.357.